The highest BCUT2D eigenvalue weighted by Crippen LogP contribution is 2.42. The lowest BCUT2D eigenvalue weighted by molar-refractivity contribution is 1.16. The summed E-state index contributed by atoms with van der Waals surface area (Å²) in [7, 11) is 0. The standard InChI is InChI=1S/C50H29N5/c51-30-32-26-27-46(55-44-22-7-3-17-38(44)39-19-10-13-34(31-52)50(39)55)41(28-32)33-12-9-14-35(29-33)53-45-23-8-4-18-40(45)49-47(53)24-11-25-48(49)54-42-20-5-1-15-36(42)37-16-2-6-21-43(37)54/h1-29H. The third-order valence-electron chi connectivity index (χ3n) is 11.1. The minimum Gasteiger partial charge on any atom is -0.309 e. The van der Waals surface area contributed by atoms with Crippen LogP contribution < -0.4 is 0 Å². The van der Waals surface area contributed by atoms with E-state index in [9.17, 15) is 10.5 Å². The van der Waals surface area contributed by atoms with E-state index in [1.807, 2.05) is 42.5 Å². The number of hydrogen-bond acceptors (Lipinski definition) is 2. The Morgan fingerprint density at radius 1 is 0.382 bits per heavy atom. The van der Waals surface area contributed by atoms with Crippen molar-refractivity contribution in [2.24, 2.45) is 0 Å². The zero-order chi connectivity index (χ0) is 36.6. The molecule has 0 aliphatic rings. The highest BCUT2D eigenvalue weighted by molar-refractivity contribution is 6.16. The van der Waals surface area contributed by atoms with E-state index >= 15 is 0 Å². The Balaban J connectivity index is 1.18. The zero-order valence-corrected chi connectivity index (χ0v) is 29.5. The Labute approximate surface area is 316 Å². The van der Waals surface area contributed by atoms with Crippen molar-refractivity contribution in [2.75, 3.05) is 0 Å². The summed E-state index contributed by atoms with van der Waals surface area (Å²) in [6.07, 6.45) is 0. The third-order valence-corrected chi connectivity index (χ3v) is 11.1. The molecule has 0 saturated carbocycles. The predicted octanol–water partition coefficient (Wildman–Crippen LogP) is 12.4. The second-order valence-electron chi connectivity index (χ2n) is 14.0. The lowest BCUT2D eigenvalue weighted by atomic mass is 10.00. The second kappa shape index (κ2) is 11.8. The molecule has 11 aromatic rings. The second-order valence-corrected chi connectivity index (χ2v) is 14.0. The maximum atomic E-state index is 10.3. The quantitative estimate of drug-likeness (QED) is 0.184. The first-order valence-corrected chi connectivity index (χ1v) is 18.3. The minimum atomic E-state index is 0.568. The Morgan fingerprint density at radius 3 is 1.64 bits per heavy atom. The Hall–Kier alpha value is -7.86. The smallest absolute Gasteiger partial charge is 0.101 e. The molecule has 0 saturated heterocycles. The largest absolute Gasteiger partial charge is 0.309 e. The first kappa shape index (κ1) is 30.7. The molecule has 0 N–H and O–H groups in total. The summed E-state index contributed by atoms with van der Waals surface area (Å²) in [5.74, 6) is 0. The van der Waals surface area contributed by atoms with Gasteiger partial charge in [0.05, 0.1) is 61.7 Å². The number of nitriles is 2. The molecule has 8 aromatic carbocycles. The molecule has 0 bridgehead atoms. The molecule has 5 heteroatoms. The van der Waals surface area contributed by atoms with Gasteiger partial charge in [-0.05, 0) is 78.4 Å². The summed E-state index contributed by atoms with van der Waals surface area (Å²) >= 11 is 0. The van der Waals surface area contributed by atoms with E-state index in [0.29, 0.717) is 11.1 Å². The third kappa shape index (κ3) is 4.39. The SMILES string of the molecule is N#Cc1ccc(-n2c3ccccc3c3cccc(C#N)c32)c(-c2cccc(-n3c4ccccc4c4c(-n5c6ccccc6c6ccccc65)cccc43)c2)c1. The van der Waals surface area contributed by atoms with Gasteiger partial charge in [-0.2, -0.15) is 10.5 Å². The number of aromatic nitrogens is 3. The number of benzene rings is 8. The Kier molecular flexibility index (Phi) is 6.61. The van der Waals surface area contributed by atoms with Crippen LogP contribution in [0.15, 0.2) is 176 Å². The topological polar surface area (TPSA) is 62.4 Å². The molecular formula is C50H29N5. The van der Waals surface area contributed by atoms with Crippen molar-refractivity contribution in [1.29, 1.82) is 10.5 Å². The van der Waals surface area contributed by atoms with Gasteiger partial charge in [-0.25, -0.2) is 0 Å². The molecule has 3 aromatic heterocycles. The van der Waals surface area contributed by atoms with Crippen molar-refractivity contribution >= 4 is 65.4 Å². The van der Waals surface area contributed by atoms with Gasteiger partial charge in [0.2, 0.25) is 0 Å². The summed E-state index contributed by atoms with van der Waals surface area (Å²) in [5, 5.41) is 27.3. The molecule has 55 heavy (non-hydrogen) atoms. The molecule has 254 valence electrons. The highest BCUT2D eigenvalue weighted by atomic mass is 15.0. The fourth-order valence-electron chi connectivity index (χ4n) is 8.85. The van der Waals surface area contributed by atoms with E-state index in [4.69, 9.17) is 0 Å². The fraction of sp³-hybridized carbons (Fsp3) is 0. The number of fused-ring (bicyclic) bond motifs is 9. The summed E-state index contributed by atoms with van der Waals surface area (Å²) in [4.78, 5) is 0. The van der Waals surface area contributed by atoms with E-state index < -0.39 is 0 Å². The molecule has 0 spiro atoms. The molecule has 0 radical (unpaired) electrons. The van der Waals surface area contributed by atoms with E-state index in [1.165, 1.54) is 32.6 Å². The van der Waals surface area contributed by atoms with E-state index in [2.05, 4.69) is 159 Å². The summed E-state index contributed by atoms with van der Waals surface area (Å²) < 4.78 is 6.94. The van der Waals surface area contributed by atoms with Crippen LogP contribution in [0.1, 0.15) is 11.1 Å². The van der Waals surface area contributed by atoms with Crippen LogP contribution in [0.2, 0.25) is 0 Å². The van der Waals surface area contributed by atoms with Gasteiger partial charge < -0.3 is 13.7 Å². The maximum Gasteiger partial charge on any atom is 0.101 e. The number of para-hydroxylation sites is 5. The molecular weight excluding hydrogens is 671 g/mol. The zero-order valence-electron chi connectivity index (χ0n) is 29.5. The van der Waals surface area contributed by atoms with Crippen molar-refractivity contribution in [2.45, 2.75) is 0 Å². The van der Waals surface area contributed by atoms with E-state index in [1.54, 1.807) is 0 Å². The van der Waals surface area contributed by atoms with Gasteiger partial charge in [0.25, 0.3) is 0 Å². The van der Waals surface area contributed by atoms with Crippen LogP contribution in [0.4, 0.5) is 0 Å². The van der Waals surface area contributed by atoms with Crippen LogP contribution in [-0.4, -0.2) is 13.7 Å². The van der Waals surface area contributed by atoms with E-state index in [-0.39, 0.29) is 0 Å². The van der Waals surface area contributed by atoms with Crippen molar-refractivity contribution in [1.82, 2.24) is 13.7 Å². The van der Waals surface area contributed by atoms with Crippen molar-refractivity contribution in [3.05, 3.63) is 187 Å². The number of nitrogens with zero attached hydrogens (tertiary/aromatic N) is 5. The van der Waals surface area contributed by atoms with Crippen LogP contribution in [0.5, 0.6) is 0 Å². The van der Waals surface area contributed by atoms with Gasteiger partial charge in [-0.15, -0.1) is 0 Å². The first-order chi connectivity index (χ1) is 27.2. The van der Waals surface area contributed by atoms with Crippen LogP contribution >= 0.6 is 0 Å². The van der Waals surface area contributed by atoms with Gasteiger partial charge in [-0.1, -0.05) is 103 Å². The van der Waals surface area contributed by atoms with Gasteiger partial charge in [0.1, 0.15) is 6.07 Å². The fourth-order valence-corrected chi connectivity index (χ4v) is 8.85. The average Bonchev–Trinajstić information content (AvgIpc) is 3.89. The van der Waals surface area contributed by atoms with Gasteiger partial charge in [-0.3, -0.25) is 0 Å². The molecule has 3 heterocycles. The molecule has 0 aliphatic carbocycles. The molecule has 0 atom stereocenters. The predicted molar refractivity (Wildman–Crippen MR) is 224 cm³/mol. The van der Waals surface area contributed by atoms with Gasteiger partial charge >= 0.3 is 0 Å². The monoisotopic (exact) mass is 699 g/mol. The average molecular weight is 700 g/mol. The Bertz CT molecular complexity index is 3420. The van der Waals surface area contributed by atoms with Crippen molar-refractivity contribution in [3.8, 4) is 40.3 Å². The molecule has 0 fully saturated rings. The summed E-state index contributed by atoms with van der Waals surface area (Å²) in [5.41, 5.74) is 12.5. The molecule has 0 aliphatic heterocycles. The maximum absolute atomic E-state index is 10.3. The van der Waals surface area contributed by atoms with Gasteiger partial charge in [0, 0.05) is 43.6 Å². The molecule has 0 unspecified atom stereocenters. The van der Waals surface area contributed by atoms with E-state index in [0.717, 1.165) is 61.0 Å². The van der Waals surface area contributed by atoms with Crippen molar-refractivity contribution < 1.29 is 0 Å². The van der Waals surface area contributed by atoms with Crippen LogP contribution in [-0.2, 0) is 0 Å². The van der Waals surface area contributed by atoms with Crippen LogP contribution in [0.25, 0.3) is 93.6 Å². The van der Waals surface area contributed by atoms with Crippen LogP contribution in [0, 0.1) is 22.7 Å². The first-order valence-electron chi connectivity index (χ1n) is 18.3. The normalized spacial score (nSPS) is 11.6. The Morgan fingerprint density at radius 2 is 0.945 bits per heavy atom. The summed E-state index contributed by atoms with van der Waals surface area (Å²) in [6, 6.07) is 65.9. The molecule has 5 nitrogen and oxygen atoms in total. The molecule has 11 rings (SSSR count). The minimum absolute atomic E-state index is 0.568. The van der Waals surface area contributed by atoms with Crippen molar-refractivity contribution in [3.63, 3.8) is 0 Å². The lowest BCUT2D eigenvalue weighted by Crippen LogP contribution is -2.00. The van der Waals surface area contributed by atoms with Gasteiger partial charge in [0.15, 0.2) is 0 Å². The summed E-state index contributed by atoms with van der Waals surface area (Å²) in [6.45, 7) is 0. The highest BCUT2D eigenvalue weighted by Gasteiger charge is 2.21. The lowest BCUT2D eigenvalue weighted by Gasteiger charge is -2.16. The number of rotatable bonds is 4. The van der Waals surface area contributed by atoms with Crippen LogP contribution in [0.3, 0.4) is 0 Å². The number of hydrogen-bond donors (Lipinski definition) is 0. The molecule has 0 amide bonds.